The zero-order chi connectivity index (χ0) is 13.2. The van der Waals surface area contributed by atoms with E-state index < -0.39 is 12.4 Å². The summed E-state index contributed by atoms with van der Waals surface area (Å²) < 4.78 is 5.18. The van der Waals surface area contributed by atoms with Crippen molar-refractivity contribution in [1.82, 2.24) is 0 Å². The average molecular weight is 254 g/mol. The smallest absolute Gasteiger partial charge is 0.184 e. The van der Waals surface area contributed by atoms with Gasteiger partial charge in [0.15, 0.2) is 12.1 Å². The summed E-state index contributed by atoms with van der Waals surface area (Å²) in [5.41, 5.74) is 0. The molecular weight excluding hydrogens is 228 g/mol. The summed E-state index contributed by atoms with van der Waals surface area (Å²) >= 11 is 0. The van der Waals surface area contributed by atoms with Crippen LogP contribution in [0.1, 0.15) is 64.7 Å². The van der Waals surface area contributed by atoms with Gasteiger partial charge >= 0.3 is 0 Å². The van der Waals surface area contributed by atoms with E-state index in [0.29, 0.717) is 0 Å². The zero-order valence-electron chi connectivity index (χ0n) is 11.4. The van der Waals surface area contributed by atoms with Crippen molar-refractivity contribution < 1.29 is 14.6 Å². The quantitative estimate of drug-likeness (QED) is 0.642. The fourth-order valence-corrected chi connectivity index (χ4v) is 2.24. The maximum Gasteiger partial charge on any atom is 0.184 e. The standard InChI is InChI=1S/C15H26O3/c1-2-3-4-5-6-7-8-9-10-14-13(16)11-12-15(17)18-14/h11-12,14-15,17H,2-10H2,1H3/t14-,15?/m0/s1. The zero-order valence-corrected chi connectivity index (χ0v) is 11.4. The molecule has 0 bridgehead atoms. The predicted molar refractivity (Wildman–Crippen MR) is 72.3 cm³/mol. The lowest BCUT2D eigenvalue weighted by Gasteiger charge is -2.21. The number of ether oxygens (including phenoxy) is 1. The highest BCUT2D eigenvalue weighted by Crippen LogP contribution is 2.16. The average Bonchev–Trinajstić information content (AvgIpc) is 2.36. The van der Waals surface area contributed by atoms with Gasteiger partial charge in [-0.05, 0) is 18.6 Å². The first-order valence-corrected chi connectivity index (χ1v) is 7.29. The fourth-order valence-electron chi connectivity index (χ4n) is 2.24. The van der Waals surface area contributed by atoms with Crippen molar-refractivity contribution >= 4 is 5.78 Å². The molecular formula is C15H26O3. The van der Waals surface area contributed by atoms with Crippen LogP contribution in [-0.4, -0.2) is 23.3 Å². The van der Waals surface area contributed by atoms with Gasteiger partial charge in [0.1, 0.15) is 6.10 Å². The second-order valence-electron chi connectivity index (χ2n) is 5.04. The number of rotatable bonds is 9. The minimum atomic E-state index is -0.901. The van der Waals surface area contributed by atoms with Crippen LogP contribution in [0.15, 0.2) is 12.2 Å². The second kappa shape index (κ2) is 9.29. The number of carbonyl (C=O) groups excluding carboxylic acids is 1. The summed E-state index contributed by atoms with van der Waals surface area (Å²) in [6.45, 7) is 2.23. The molecule has 1 aliphatic rings. The molecule has 0 aliphatic carbocycles. The molecule has 0 spiro atoms. The molecule has 0 fully saturated rings. The van der Waals surface area contributed by atoms with E-state index in [-0.39, 0.29) is 5.78 Å². The number of unbranched alkanes of at least 4 members (excludes halogenated alkanes) is 7. The third-order valence-corrected chi connectivity index (χ3v) is 3.37. The Morgan fingerprint density at radius 2 is 1.72 bits per heavy atom. The monoisotopic (exact) mass is 254 g/mol. The molecule has 3 nitrogen and oxygen atoms in total. The number of aliphatic hydroxyl groups is 1. The first-order chi connectivity index (χ1) is 8.74. The van der Waals surface area contributed by atoms with Gasteiger partial charge in [0.2, 0.25) is 0 Å². The Bertz CT molecular complexity index is 260. The van der Waals surface area contributed by atoms with Crippen molar-refractivity contribution in [3.05, 3.63) is 12.2 Å². The molecule has 0 amide bonds. The second-order valence-corrected chi connectivity index (χ2v) is 5.04. The van der Waals surface area contributed by atoms with E-state index in [1.807, 2.05) is 0 Å². The molecule has 3 heteroatoms. The highest BCUT2D eigenvalue weighted by atomic mass is 16.6. The van der Waals surface area contributed by atoms with Crippen LogP contribution >= 0.6 is 0 Å². The van der Waals surface area contributed by atoms with Gasteiger partial charge in [-0.1, -0.05) is 58.3 Å². The van der Waals surface area contributed by atoms with Crippen LogP contribution in [0, 0.1) is 0 Å². The molecule has 0 radical (unpaired) electrons. The van der Waals surface area contributed by atoms with Crippen LogP contribution in [0.4, 0.5) is 0 Å². The van der Waals surface area contributed by atoms with Crippen molar-refractivity contribution in [2.45, 2.75) is 77.1 Å². The molecule has 0 saturated heterocycles. The van der Waals surface area contributed by atoms with Gasteiger partial charge in [0, 0.05) is 0 Å². The molecule has 0 saturated carbocycles. The molecule has 0 aromatic heterocycles. The summed E-state index contributed by atoms with van der Waals surface area (Å²) in [4.78, 5) is 11.5. The summed E-state index contributed by atoms with van der Waals surface area (Å²) in [6.07, 6.45) is 12.2. The minimum absolute atomic E-state index is 0.0109. The third kappa shape index (κ3) is 6.31. The molecule has 1 N–H and O–H groups in total. The van der Waals surface area contributed by atoms with Crippen molar-refractivity contribution in [3.63, 3.8) is 0 Å². The fraction of sp³-hybridized carbons (Fsp3) is 0.800. The predicted octanol–water partition coefficient (Wildman–Crippen LogP) is 3.36. The topological polar surface area (TPSA) is 46.5 Å². The molecule has 1 heterocycles. The van der Waals surface area contributed by atoms with Gasteiger partial charge < -0.3 is 9.84 Å². The molecule has 1 rings (SSSR count). The van der Waals surface area contributed by atoms with Crippen molar-refractivity contribution in [2.24, 2.45) is 0 Å². The van der Waals surface area contributed by atoms with E-state index in [4.69, 9.17) is 4.74 Å². The highest BCUT2D eigenvalue weighted by molar-refractivity contribution is 5.94. The lowest BCUT2D eigenvalue weighted by Crippen LogP contribution is -2.31. The van der Waals surface area contributed by atoms with Crippen LogP contribution in [0.2, 0.25) is 0 Å². The maximum absolute atomic E-state index is 11.5. The lowest BCUT2D eigenvalue weighted by atomic mass is 10.0. The summed E-state index contributed by atoms with van der Waals surface area (Å²) in [7, 11) is 0. The Balaban J connectivity index is 1.97. The van der Waals surface area contributed by atoms with Crippen molar-refractivity contribution in [1.29, 1.82) is 0 Å². The molecule has 104 valence electrons. The molecule has 1 aliphatic heterocycles. The molecule has 0 aromatic carbocycles. The largest absolute Gasteiger partial charge is 0.365 e. The van der Waals surface area contributed by atoms with Crippen LogP contribution < -0.4 is 0 Å². The van der Waals surface area contributed by atoms with E-state index >= 15 is 0 Å². The number of ketones is 1. The van der Waals surface area contributed by atoms with Gasteiger partial charge in [-0.2, -0.15) is 0 Å². The van der Waals surface area contributed by atoms with Crippen LogP contribution in [0.3, 0.4) is 0 Å². The van der Waals surface area contributed by atoms with E-state index in [1.54, 1.807) is 0 Å². The summed E-state index contributed by atoms with van der Waals surface area (Å²) in [5, 5.41) is 9.26. The van der Waals surface area contributed by atoms with Gasteiger partial charge in [0.05, 0.1) is 0 Å². The van der Waals surface area contributed by atoms with E-state index in [2.05, 4.69) is 6.92 Å². The van der Waals surface area contributed by atoms with E-state index in [1.165, 1.54) is 50.7 Å². The number of hydrogen-bond acceptors (Lipinski definition) is 3. The Labute approximate surface area is 110 Å². The number of aliphatic hydroxyl groups excluding tert-OH is 1. The Morgan fingerprint density at radius 1 is 1.11 bits per heavy atom. The SMILES string of the molecule is CCCCCCCCCC[C@@H]1OC(O)C=CC1=O. The molecule has 0 aromatic rings. The van der Waals surface area contributed by atoms with Crippen LogP contribution in [0.5, 0.6) is 0 Å². The molecule has 1 unspecified atom stereocenters. The van der Waals surface area contributed by atoms with Gasteiger partial charge in [0.25, 0.3) is 0 Å². The van der Waals surface area contributed by atoms with E-state index in [0.717, 1.165) is 19.3 Å². The number of carbonyl (C=O) groups is 1. The summed E-state index contributed by atoms with van der Waals surface area (Å²) in [6, 6.07) is 0. The van der Waals surface area contributed by atoms with Crippen LogP contribution in [0.25, 0.3) is 0 Å². The maximum atomic E-state index is 11.5. The van der Waals surface area contributed by atoms with Gasteiger partial charge in [-0.3, -0.25) is 4.79 Å². The van der Waals surface area contributed by atoms with E-state index in [9.17, 15) is 9.90 Å². The van der Waals surface area contributed by atoms with Gasteiger partial charge in [-0.15, -0.1) is 0 Å². The minimum Gasteiger partial charge on any atom is -0.365 e. The highest BCUT2D eigenvalue weighted by Gasteiger charge is 2.22. The van der Waals surface area contributed by atoms with Gasteiger partial charge in [-0.25, -0.2) is 0 Å². The Hall–Kier alpha value is -0.670. The molecule has 18 heavy (non-hydrogen) atoms. The first-order valence-electron chi connectivity index (χ1n) is 7.29. The third-order valence-electron chi connectivity index (χ3n) is 3.37. The Morgan fingerprint density at radius 3 is 2.39 bits per heavy atom. The van der Waals surface area contributed by atoms with Crippen molar-refractivity contribution in [3.8, 4) is 0 Å². The Kier molecular flexibility index (Phi) is 7.94. The molecule has 2 atom stereocenters. The van der Waals surface area contributed by atoms with Crippen molar-refractivity contribution in [2.75, 3.05) is 0 Å². The number of hydrogen-bond donors (Lipinski definition) is 1. The van der Waals surface area contributed by atoms with Crippen LogP contribution in [-0.2, 0) is 9.53 Å². The lowest BCUT2D eigenvalue weighted by molar-refractivity contribution is -0.149. The normalized spacial score (nSPS) is 23.6. The summed E-state index contributed by atoms with van der Waals surface area (Å²) in [5.74, 6) is -0.0109. The first kappa shape index (κ1) is 15.4.